The summed E-state index contributed by atoms with van der Waals surface area (Å²) in [5.41, 5.74) is 12.6. The number of hydroxylamine groups is 2. The largest absolute Gasteiger partial charge is 0.368 e. The highest BCUT2D eigenvalue weighted by Gasteiger charge is 2.44. The van der Waals surface area contributed by atoms with Crippen LogP contribution in [-0.4, -0.2) is 29.3 Å². The van der Waals surface area contributed by atoms with Crippen molar-refractivity contribution in [2.75, 3.05) is 6.61 Å². The number of nitrogens with zero attached hydrogens (tertiary/aromatic N) is 3. The standard InChI is InChI=1S/C16H23N5O.ClH/c17-14-19-15(18)21(16(20-14)10-4-5-11-16)22-12-6-9-13-7-2-1-3-8-13;/h1-3,7-8H,4-6,9-12H2,(H4,17,18,19,20);1H. The molecule has 0 radical (unpaired) electrons. The maximum absolute atomic E-state index is 6.01. The lowest BCUT2D eigenvalue weighted by Gasteiger charge is -2.39. The zero-order valence-electron chi connectivity index (χ0n) is 13.1. The minimum atomic E-state index is -0.442. The van der Waals surface area contributed by atoms with E-state index in [4.69, 9.17) is 16.3 Å². The summed E-state index contributed by atoms with van der Waals surface area (Å²) in [7, 11) is 0. The number of nitrogens with two attached hydrogens (primary N) is 2. The van der Waals surface area contributed by atoms with Crippen LogP contribution in [0.3, 0.4) is 0 Å². The molecule has 0 unspecified atom stereocenters. The summed E-state index contributed by atoms with van der Waals surface area (Å²) in [6.07, 6.45) is 5.92. The van der Waals surface area contributed by atoms with Crippen molar-refractivity contribution in [3.8, 4) is 0 Å². The smallest absolute Gasteiger partial charge is 0.226 e. The van der Waals surface area contributed by atoms with Gasteiger partial charge in [0.05, 0.1) is 6.61 Å². The Balaban J connectivity index is 0.00000192. The van der Waals surface area contributed by atoms with Gasteiger partial charge in [-0.1, -0.05) is 30.3 Å². The van der Waals surface area contributed by atoms with Gasteiger partial charge in [0.2, 0.25) is 11.9 Å². The number of hydrogen-bond donors (Lipinski definition) is 2. The number of guanidine groups is 2. The Morgan fingerprint density at radius 3 is 2.52 bits per heavy atom. The van der Waals surface area contributed by atoms with E-state index in [1.54, 1.807) is 5.06 Å². The number of rotatable bonds is 5. The van der Waals surface area contributed by atoms with Gasteiger partial charge in [0.25, 0.3) is 0 Å². The average molecular weight is 338 g/mol. The van der Waals surface area contributed by atoms with Gasteiger partial charge in [0.15, 0.2) is 5.66 Å². The van der Waals surface area contributed by atoms with Crippen LogP contribution < -0.4 is 11.5 Å². The second-order valence-electron chi connectivity index (χ2n) is 5.85. The first-order valence-corrected chi connectivity index (χ1v) is 7.86. The molecule has 6 nitrogen and oxygen atoms in total. The van der Waals surface area contributed by atoms with Crippen molar-refractivity contribution < 1.29 is 4.84 Å². The van der Waals surface area contributed by atoms with Gasteiger partial charge in [-0.15, -0.1) is 12.4 Å². The quantitative estimate of drug-likeness (QED) is 0.806. The maximum atomic E-state index is 6.01. The minimum Gasteiger partial charge on any atom is -0.368 e. The summed E-state index contributed by atoms with van der Waals surface area (Å²) in [6.45, 7) is 0.586. The lowest BCUT2D eigenvalue weighted by atomic mass is 10.1. The molecule has 4 N–H and O–H groups in total. The lowest BCUT2D eigenvalue weighted by molar-refractivity contribution is -0.166. The summed E-state index contributed by atoms with van der Waals surface area (Å²) in [5.74, 6) is 0.567. The van der Waals surface area contributed by atoms with Crippen LogP contribution in [0.25, 0.3) is 0 Å². The van der Waals surface area contributed by atoms with Crippen LogP contribution >= 0.6 is 12.4 Å². The number of aryl methyl sites for hydroxylation is 1. The first-order chi connectivity index (χ1) is 10.7. The van der Waals surface area contributed by atoms with Crippen molar-refractivity contribution in [3.63, 3.8) is 0 Å². The Kier molecular flexibility index (Phi) is 5.85. The molecular weight excluding hydrogens is 314 g/mol. The van der Waals surface area contributed by atoms with Crippen molar-refractivity contribution in [3.05, 3.63) is 35.9 Å². The molecule has 1 aliphatic heterocycles. The highest BCUT2D eigenvalue weighted by molar-refractivity contribution is 5.95. The van der Waals surface area contributed by atoms with Crippen molar-refractivity contribution in [2.24, 2.45) is 21.5 Å². The average Bonchev–Trinajstić information content (AvgIpc) is 2.95. The molecule has 1 aromatic carbocycles. The number of aliphatic imine (C=N–C) groups is 2. The third-order valence-electron chi connectivity index (χ3n) is 4.22. The van der Waals surface area contributed by atoms with Gasteiger partial charge in [-0.05, 0) is 44.1 Å². The van der Waals surface area contributed by atoms with Crippen LogP contribution in [0.5, 0.6) is 0 Å². The molecule has 0 saturated heterocycles. The van der Waals surface area contributed by atoms with E-state index in [1.165, 1.54) is 5.56 Å². The topological polar surface area (TPSA) is 89.2 Å². The Labute approximate surface area is 143 Å². The first-order valence-electron chi connectivity index (χ1n) is 7.86. The Bertz CT molecular complexity index is 569. The summed E-state index contributed by atoms with van der Waals surface area (Å²) in [6, 6.07) is 10.4. The van der Waals surface area contributed by atoms with Gasteiger partial charge in [-0.3, -0.25) is 4.84 Å². The number of halogens is 1. The van der Waals surface area contributed by atoms with E-state index < -0.39 is 5.66 Å². The second kappa shape index (κ2) is 7.66. The summed E-state index contributed by atoms with van der Waals surface area (Å²) >= 11 is 0. The van der Waals surface area contributed by atoms with E-state index in [9.17, 15) is 0 Å². The Morgan fingerprint density at radius 1 is 1.13 bits per heavy atom. The van der Waals surface area contributed by atoms with Crippen LogP contribution in [0.1, 0.15) is 37.7 Å². The molecule has 3 rings (SSSR count). The highest BCUT2D eigenvalue weighted by atomic mass is 35.5. The van der Waals surface area contributed by atoms with Crippen LogP contribution in [0, 0.1) is 0 Å². The third-order valence-corrected chi connectivity index (χ3v) is 4.22. The van der Waals surface area contributed by atoms with Gasteiger partial charge >= 0.3 is 0 Å². The van der Waals surface area contributed by atoms with E-state index >= 15 is 0 Å². The molecule has 1 heterocycles. The van der Waals surface area contributed by atoms with Gasteiger partial charge in [-0.2, -0.15) is 10.1 Å². The van der Waals surface area contributed by atoms with Crippen molar-refractivity contribution in [2.45, 2.75) is 44.2 Å². The molecule has 126 valence electrons. The molecule has 0 bridgehead atoms. The fraction of sp³-hybridized carbons (Fsp3) is 0.500. The van der Waals surface area contributed by atoms with Gasteiger partial charge in [-0.25, -0.2) is 4.99 Å². The van der Waals surface area contributed by atoms with E-state index in [1.807, 2.05) is 6.07 Å². The van der Waals surface area contributed by atoms with Crippen LogP contribution in [0.15, 0.2) is 40.3 Å². The zero-order valence-corrected chi connectivity index (χ0v) is 14.0. The second-order valence-corrected chi connectivity index (χ2v) is 5.85. The molecule has 1 aliphatic carbocycles. The molecule has 0 amide bonds. The monoisotopic (exact) mass is 337 g/mol. The fourth-order valence-electron chi connectivity index (χ4n) is 3.18. The minimum absolute atomic E-state index is 0. The summed E-state index contributed by atoms with van der Waals surface area (Å²) in [5, 5.41) is 1.68. The number of hydrogen-bond acceptors (Lipinski definition) is 6. The van der Waals surface area contributed by atoms with E-state index in [-0.39, 0.29) is 18.4 Å². The third kappa shape index (κ3) is 3.95. The lowest BCUT2D eigenvalue weighted by Crippen LogP contribution is -2.55. The molecule has 2 aliphatic rings. The van der Waals surface area contributed by atoms with Crippen LogP contribution in [0.2, 0.25) is 0 Å². The van der Waals surface area contributed by atoms with Crippen molar-refractivity contribution >= 4 is 24.3 Å². The molecule has 1 spiro atoms. The SMILES string of the molecule is Cl.NC1=NC2(CCCC2)N(OCCCc2ccccc2)C(N)=N1. The summed E-state index contributed by atoms with van der Waals surface area (Å²) < 4.78 is 0. The highest BCUT2D eigenvalue weighted by Crippen LogP contribution is 2.38. The van der Waals surface area contributed by atoms with Crippen molar-refractivity contribution in [1.29, 1.82) is 0 Å². The maximum Gasteiger partial charge on any atom is 0.226 e. The van der Waals surface area contributed by atoms with E-state index in [0.29, 0.717) is 12.6 Å². The predicted octanol–water partition coefficient (Wildman–Crippen LogP) is 2.19. The normalized spacial score (nSPS) is 19.2. The molecular formula is C16H24ClN5O. The molecule has 0 aromatic heterocycles. The Hall–Kier alpha value is -1.79. The van der Waals surface area contributed by atoms with Crippen LogP contribution in [-0.2, 0) is 11.3 Å². The predicted molar refractivity (Wildman–Crippen MR) is 94.2 cm³/mol. The van der Waals surface area contributed by atoms with E-state index in [0.717, 1.165) is 38.5 Å². The number of benzene rings is 1. The van der Waals surface area contributed by atoms with Crippen LogP contribution in [0.4, 0.5) is 0 Å². The molecule has 0 atom stereocenters. The fourth-order valence-corrected chi connectivity index (χ4v) is 3.18. The molecule has 1 fully saturated rings. The van der Waals surface area contributed by atoms with Gasteiger partial charge in [0.1, 0.15) is 0 Å². The van der Waals surface area contributed by atoms with Gasteiger partial charge in [0, 0.05) is 0 Å². The summed E-state index contributed by atoms with van der Waals surface area (Å²) in [4.78, 5) is 14.5. The van der Waals surface area contributed by atoms with Crippen molar-refractivity contribution in [1.82, 2.24) is 5.06 Å². The molecule has 1 aromatic rings. The molecule has 1 saturated carbocycles. The molecule has 7 heteroatoms. The molecule has 23 heavy (non-hydrogen) atoms. The Morgan fingerprint density at radius 2 is 1.83 bits per heavy atom. The first kappa shape index (κ1) is 17.6. The van der Waals surface area contributed by atoms with E-state index in [2.05, 4.69) is 34.3 Å². The van der Waals surface area contributed by atoms with Gasteiger partial charge < -0.3 is 11.5 Å². The zero-order chi connectivity index (χ0) is 15.4.